The molecular formula is C12H10BrN3OS. The quantitative estimate of drug-likeness (QED) is 0.941. The van der Waals surface area contributed by atoms with E-state index in [1.807, 2.05) is 24.3 Å². The fourth-order valence-electron chi connectivity index (χ4n) is 1.28. The summed E-state index contributed by atoms with van der Waals surface area (Å²) in [6.45, 7) is 1.49. The maximum Gasteiger partial charge on any atom is 0.221 e. The molecule has 0 unspecified atom stereocenters. The SMILES string of the molecule is CC(=O)Nc1ccc(Sc2cnc(Br)cn2)cc1. The molecule has 0 aliphatic heterocycles. The Morgan fingerprint density at radius 3 is 2.50 bits per heavy atom. The molecule has 0 spiro atoms. The predicted molar refractivity (Wildman–Crippen MR) is 74.6 cm³/mol. The zero-order valence-electron chi connectivity index (χ0n) is 9.55. The van der Waals surface area contributed by atoms with E-state index in [1.54, 1.807) is 12.4 Å². The molecule has 0 atom stereocenters. The van der Waals surface area contributed by atoms with Gasteiger partial charge in [0.2, 0.25) is 5.91 Å². The first-order chi connectivity index (χ1) is 8.63. The fraction of sp³-hybridized carbons (Fsp3) is 0.0833. The average molecular weight is 324 g/mol. The molecule has 92 valence electrons. The molecule has 1 aromatic heterocycles. The van der Waals surface area contributed by atoms with E-state index in [9.17, 15) is 4.79 Å². The number of rotatable bonds is 3. The Labute approximate surface area is 117 Å². The molecule has 2 aromatic rings. The van der Waals surface area contributed by atoms with Gasteiger partial charge in [-0.15, -0.1) is 0 Å². The third-order valence-corrected chi connectivity index (χ3v) is 3.33. The number of halogens is 1. The van der Waals surface area contributed by atoms with E-state index in [-0.39, 0.29) is 5.91 Å². The number of amides is 1. The molecule has 0 radical (unpaired) electrons. The molecule has 6 heteroatoms. The summed E-state index contributed by atoms with van der Waals surface area (Å²) in [7, 11) is 0. The minimum absolute atomic E-state index is 0.0748. The first-order valence-corrected chi connectivity index (χ1v) is 6.77. The Hall–Kier alpha value is -1.40. The Balaban J connectivity index is 2.06. The lowest BCUT2D eigenvalue weighted by atomic mass is 10.3. The lowest BCUT2D eigenvalue weighted by Crippen LogP contribution is -2.05. The molecule has 0 saturated heterocycles. The molecule has 1 heterocycles. The van der Waals surface area contributed by atoms with Gasteiger partial charge in [-0.05, 0) is 40.2 Å². The zero-order valence-corrected chi connectivity index (χ0v) is 12.0. The van der Waals surface area contributed by atoms with Crippen LogP contribution in [0.3, 0.4) is 0 Å². The van der Waals surface area contributed by atoms with Crippen LogP contribution in [0.25, 0.3) is 0 Å². The molecule has 0 bridgehead atoms. The Kier molecular flexibility index (Phi) is 4.33. The second-order valence-electron chi connectivity index (χ2n) is 3.48. The van der Waals surface area contributed by atoms with Crippen molar-refractivity contribution >= 4 is 39.3 Å². The van der Waals surface area contributed by atoms with E-state index < -0.39 is 0 Å². The molecule has 0 aliphatic rings. The minimum Gasteiger partial charge on any atom is -0.326 e. The van der Waals surface area contributed by atoms with E-state index in [0.29, 0.717) is 4.60 Å². The van der Waals surface area contributed by atoms with Gasteiger partial charge in [-0.25, -0.2) is 9.97 Å². The van der Waals surface area contributed by atoms with Crippen molar-refractivity contribution < 1.29 is 4.79 Å². The van der Waals surface area contributed by atoms with Crippen LogP contribution in [0.1, 0.15) is 6.92 Å². The van der Waals surface area contributed by atoms with Gasteiger partial charge in [-0.1, -0.05) is 11.8 Å². The van der Waals surface area contributed by atoms with Crippen LogP contribution < -0.4 is 5.32 Å². The van der Waals surface area contributed by atoms with Crippen molar-refractivity contribution in [3.8, 4) is 0 Å². The number of carbonyl (C=O) groups excluding carboxylic acids is 1. The zero-order chi connectivity index (χ0) is 13.0. The number of aromatic nitrogens is 2. The van der Waals surface area contributed by atoms with Crippen LogP contribution in [-0.2, 0) is 4.79 Å². The lowest BCUT2D eigenvalue weighted by molar-refractivity contribution is -0.114. The first kappa shape index (κ1) is 13.0. The van der Waals surface area contributed by atoms with Crippen molar-refractivity contribution in [1.82, 2.24) is 9.97 Å². The molecule has 4 nitrogen and oxygen atoms in total. The van der Waals surface area contributed by atoms with E-state index in [1.165, 1.54) is 18.7 Å². The summed E-state index contributed by atoms with van der Waals surface area (Å²) in [6, 6.07) is 7.57. The summed E-state index contributed by atoms with van der Waals surface area (Å²) >= 11 is 4.76. The van der Waals surface area contributed by atoms with Crippen molar-refractivity contribution in [2.24, 2.45) is 0 Å². The molecule has 1 amide bonds. The highest BCUT2D eigenvalue weighted by molar-refractivity contribution is 9.10. The molecule has 1 aromatic carbocycles. The highest BCUT2D eigenvalue weighted by Gasteiger charge is 2.00. The van der Waals surface area contributed by atoms with Crippen LogP contribution >= 0.6 is 27.7 Å². The maximum absolute atomic E-state index is 10.9. The van der Waals surface area contributed by atoms with Gasteiger partial charge >= 0.3 is 0 Å². The highest BCUT2D eigenvalue weighted by Crippen LogP contribution is 2.26. The van der Waals surface area contributed by atoms with Gasteiger partial charge in [-0.3, -0.25) is 4.79 Å². The van der Waals surface area contributed by atoms with Gasteiger partial charge in [0.05, 0.1) is 12.4 Å². The van der Waals surface area contributed by atoms with Gasteiger partial charge in [0.25, 0.3) is 0 Å². The van der Waals surface area contributed by atoms with Crippen molar-refractivity contribution in [2.75, 3.05) is 5.32 Å². The van der Waals surface area contributed by atoms with Gasteiger partial charge in [0.1, 0.15) is 9.63 Å². The van der Waals surface area contributed by atoms with Crippen LogP contribution in [0, 0.1) is 0 Å². The predicted octanol–water partition coefficient (Wildman–Crippen LogP) is 3.35. The molecular weight excluding hydrogens is 314 g/mol. The van der Waals surface area contributed by atoms with Gasteiger partial charge in [0.15, 0.2) is 0 Å². The average Bonchev–Trinajstić information content (AvgIpc) is 2.34. The lowest BCUT2D eigenvalue weighted by Gasteiger charge is -2.04. The largest absolute Gasteiger partial charge is 0.326 e. The second-order valence-corrected chi connectivity index (χ2v) is 5.39. The van der Waals surface area contributed by atoms with E-state index >= 15 is 0 Å². The van der Waals surface area contributed by atoms with Crippen molar-refractivity contribution in [1.29, 1.82) is 0 Å². The summed E-state index contributed by atoms with van der Waals surface area (Å²) in [5.41, 5.74) is 0.786. The fourth-order valence-corrected chi connectivity index (χ4v) is 2.21. The molecule has 1 N–H and O–H groups in total. The number of hydrogen-bond acceptors (Lipinski definition) is 4. The monoisotopic (exact) mass is 323 g/mol. The van der Waals surface area contributed by atoms with Crippen molar-refractivity contribution in [2.45, 2.75) is 16.8 Å². The Morgan fingerprint density at radius 2 is 1.94 bits per heavy atom. The number of hydrogen-bond donors (Lipinski definition) is 1. The summed E-state index contributed by atoms with van der Waals surface area (Å²) < 4.78 is 0.716. The van der Waals surface area contributed by atoms with Crippen LogP contribution in [-0.4, -0.2) is 15.9 Å². The molecule has 0 aliphatic carbocycles. The van der Waals surface area contributed by atoms with E-state index in [2.05, 4.69) is 31.2 Å². The minimum atomic E-state index is -0.0748. The third kappa shape index (κ3) is 3.82. The van der Waals surface area contributed by atoms with Crippen molar-refractivity contribution in [3.63, 3.8) is 0 Å². The molecule has 0 fully saturated rings. The van der Waals surface area contributed by atoms with Crippen LogP contribution in [0.2, 0.25) is 0 Å². The molecule has 0 saturated carbocycles. The van der Waals surface area contributed by atoms with Crippen LogP contribution in [0.5, 0.6) is 0 Å². The van der Waals surface area contributed by atoms with Gasteiger partial charge in [0, 0.05) is 17.5 Å². The summed E-state index contributed by atoms with van der Waals surface area (Å²) in [5, 5.41) is 3.55. The highest BCUT2D eigenvalue weighted by atomic mass is 79.9. The number of nitrogens with zero attached hydrogens (tertiary/aromatic N) is 2. The topological polar surface area (TPSA) is 54.9 Å². The Bertz CT molecular complexity index is 542. The Morgan fingerprint density at radius 1 is 1.22 bits per heavy atom. The van der Waals surface area contributed by atoms with Gasteiger partial charge in [-0.2, -0.15) is 0 Å². The summed E-state index contributed by atoms with van der Waals surface area (Å²) in [6.07, 6.45) is 3.37. The second kappa shape index (κ2) is 5.97. The number of carbonyl (C=O) groups is 1. The third-order valence-electron chi connectivity index (χ3n) is 1.99. The standard InChI is InChI=1S/C12H10BrN3OS/c1-8(17)16-9-2-4-10(5-3-9)18-12-7-14-11(13)6-15-12/h2-7H,1H3,(H,16,17). The smallest absolute Gasteiger partial charge is 0.221 e. The van der Waals surface area contributed by atoms with Gasteiger partial charge < -0.3 is 5.32 Å². The van der Waals surface area contributed by atoms with Crippen molar-refractivity contribution in [3.05, 3.63) is 41.3 Å². The normalized spacial score (nSPS) is 10.1. The van der Waals surface area contributed by atoms with Crippen LogP contribution in [0.4, 0.5) is 5.69 Å². The number of benzene rings is 1. The van der Waals surface area contributed by atoms with E-state index in [4.69, 9.17) is 0 Å². The summed E-state index contributed by atoms with van der Waals surface area (Å²) in [5.74, 6) is -0.0748. The first-order valence-electron chi connectivity index (χ1n) is 5.16. The van der Waals surface area contributed by atoms with Crippen LogP contribution in [0.15, 0.2) is 51.2 Å². The van der Waals surface area contributed by atoms with E-state index in [0.717, 1.165) is 15.6 Å². The number of nitrogens with one attached hydrogen (secondary N) is 1. The summed E-state index contributed by atoms with van der Waals surface area (Å²) in [4.78, 5) is 20.3. The number of anilines is 1. The molecule has 18 heavy (non-hydrogen) atoms. The molecule has 2 rings (SSSR count). The maximum atomic E-state index is 10.9.